The van der Waals surface area contributed by atoms with Crippen molar-refractivity contribution in [2.75, 3.05) is 14.2 Å². The van der Waals surface area contributed by atoms with E-state index in [-0.39, 0.29) is 11.5 Å². The minimum atomic E-state index is 0.0761. The van der Waals surface area contributed by atoms with Crippen LogP contribution in [0, 0.1) is 0 Å². The summed E-state index contributed by atoms with van der Waals surface area (Å²) in [4.78, 5) is 8.87. The Morgan fingerprint density at radius 3 is 1.46 bits per heavy atom. The Morgan fingerprint density at radius 1 is 0.679 bits per heavy atom. The van der Waals surface area contributed by atoms with Crippen LogP contribution >= 0.6 is 0 Å². The van der Waals surface area contributed by atoms with Crippen molar-refractivity contribution in [1.82, 2.24) is 0 Å². The second-order valence-electron chi connectivity index (χ2n) is 5.85. The second kappa shape index (κ2) is 8.73. The van der Waals surface area contributed by atoms with Gasteiger partial charge in [0.15, 0.2) is 0 Å². The molecule has 0 amide bonds. The lowest BCUT2D eigenvalue weighted by Crippen LogP contribution is -1.87. The summed E-state index contributed by atoms with van der Waals surface area (Å²) in [5.74, 6) is 1.29. The van der Waals surface area contributed by atoms with E-state index in [1.165, 1.54) is 26.4 Å². The molecule has 3 rings (SSSR count). The molecule has 2 N–H and O–H groups in total. The van der Waals surface area contributed by atoms with Crippen LogP contribution in [0.3, 0.4) is 0 Å². The Hall–Kier alpha value is -3.80. The van der Waals surface area contributed by atoms with E-state index < -0.39 is 0 Å². The first-order valence-corrected chi connectivity index (χ1v) is 8.52. The molecule has 6 heteroatoms. The smallest absolute Gasteiger partial charge is 0.128 e. The average Bonchev–Trinajstić information content (AvgIpc) is 2.72. The summed E-state index contributed by atoms with van der Waals surface area (Å²) in [6, 6.07) is 17.3. The van der Waals surface area contributed by atoms with E-state index in [0.29, 0.717) is 34.0 Å². The molecule has 0 aliphatic rings. The first-order valence-electron chi connectivity index (χ1n) is 8.52. The minimum Gasteiger partial charge on any atom is -0.507 e. The fraction of sp³-hybridized carbons (Fsp3) is 0.0909. The second-order valence-corrected chi connectivity index (χ2v) is 5.85. The highest BCUT2D eigenvalue weighted by molar-refractivity contribution is 5.89. The fourth-order valence-electron chi connectivity index (χ4n) is 2.48. The van der Waals surface area contributed by atoms with Crippen molar-refractivity contribution in [1.29, 1.82) is 0 Å². The number of para-hydroxylation sites is 2. The predicted molar refractivity (Wildman–Crippen MR) is 110 cm³/mol. The van der Waals surface area contributed by atoms with E-state index in [2.05, 4.69) is 9.98 Å². The molecule has 0 aromatic heterocycles. The number of phenolic OH excluding ortho intramolecular Hbond substituents is 2. The summed E-state index contributed by atoms with van der Waals surface area (Å²) in [7, 11) is 3.08. The molecule has 0 atom stereocenters. The number of hydrogen-bond donors (Lipinski definition) is 2. The summed E-state index contributed by atoms with van der Waals surface area (Å²) < 4.78 is 10.2. The van der Waals surface area contributed by atoms with Crippen LogP contribution in [0.25, 0.3) is 0 Å². The van der Waals surface area contributed by atoms with Crippen molar-refractivity contribution < 1.29 is 19.7 Å². The predicted octanol–water partition coefficient (Wildman–Crippen LogP) is 4.62. The molecule has 0 saturated heterocycles. The lowest BCUT2D eigenvalue weighted by molar-refractivity contribution is 0.407. The summed E-state index contributed by atoms with van der Waals surface area (Å²) in [5.41, 5.74) is 2.38. The number of aliphatic imine (C=N–C) groups is 2. The van der Waals surface area contributed by atoms with E-state index in [4.69, 9.17) is 9.47 Å². The van der Waals surface area contributed by atoms with Crippen molar-refractivity contribution >= 4 is 23.8 Å². The number of rotatable bonds is 6. The van der Waals surface area contributed by atoms with Crippen molar-refractivity contribution in [2.45, 2.75) is 0 Å². The lowest BCUT2D eigenvalue weighted by atomic mass is 10.2. The average molecular weight is 376 g/mol. The summed E-state index contributed by atoms with van der Waals surface area (Å²) in [6.45, 7) is 0. The van der Waals surface area contributed by atoms with Gasteiger partial charge in [0.1, 0.15) is 23.0 Å². The van der Waals surface area contributed by atoms with Crippen LogP contribution in [-0.2, 0) is 0 Å². The first-order chi connectivity index (χ1) is 13.6. The zero-order chi connectivity index (χ0) is 19.9. The molecule has 142 valence electrons. The molecule has 0 aliphatic heterocycles. The lowest BCUT2D eigenvalue weighted by Gasteiger charge is -2.04. The van der Waals surface area contributed by atoms with E-state index in [1.807, 2.05) is 24.3 Å². The Kier molecular flexibility index (Phi) is 5.91. The molecular weight excluding hydrogens is 356 g/mol. The minimum absolute atomic E-state index is 0.0761. The largest absolute Gasteiger partial charge is 0.507 e. The normalized spacial score (nSPS) is 11.2. The van der Waals surface area contributed by atoms with E-state index in [0.717, 1.165) is 0 Å². The quantitative estimate of drug-likeness (QED) is 0.615. The van der Waals surface area contributed by atoms with Gasteiger partial charge in [-0.2, -0.15) is 0 Å². The van der Waals surface area contributed by atoms with E-state index >= 15 is 0 Å². The van der Waals surface area contributed by atoms with Crippen molar-refractivity contribution in [3.63, 3.8) is 0 Å². The van der Waals surface area contributed by atoms with Crippen LogP contribution in [0.15, 0.2) is 70.6 Å². The standard InChI is InChI=1S/C22H20N2O4/c1-27-17-9-7-15(21(25)11-17)13-23-19-5-3-4-6-20(19)24-14-16-8-10-18(28-2)12-22(16)26/h3-14,25-26H,1-2H3. The van der Waals surface area contributed by atoms with Crippen LogP contribution in [0.5, 0.6) is 23.0 Å². The Labute approximate surface area is 163 Å². The Morgan fingerprint density at radius 2 is 1.11 bits per heavy atom. The molecule has 0 unspecified atom stereocenters. The highest BCUT2D eigenvalue weighted by Crippen LogP contribution is 2.29. The van der Waals surface area contributed by atoms with E-state index in [9.17, 15) is 10.2 Å². The zero-order valence-electron chi connectivity index (χ0n) is 15.5. The van der Waals surface area contributed by atoms with Gasteiger partial charge in [0, 0.05) is 35.7 Å². The third-order valence-electron chi connectivity index (χ3n) is 4.04. The van der Waals surface area contributed by atoms with Gasteiger partial charge in [0.05, 0.1) is 25.6 Å². The van der Waals surface area contributed by atoms with Gasteiger partial charge < -0.3 is 19.7 Å². The first kappa shape index (κ1) is 19.0. The summed E-state index contributed by atoms with van der Waals surface area (Å²) in [5, 5.41) is 20.1. The van der Waals surface area contributed by atoms with Crippen molar-refractivity contribution in [3.8, 4) is 23.0 Å². The molecule has 0 spiro atoms. The number of benzene rings is 3. The third kappa shape index (κ3) is 4.48. The maximum atomic E-state index is 10.1. The van der Waals surface area contributed by atoms with Crippen LogP contribution in [-0.4, -0.2) is 36.9 Å². The molecule has 0 heterocycles. The van der Waals surface area contributed by atoms with Gasteiger partial charge in [-0.1, -0.05) is 12.1 Å². The molecule has 0 radical (unpaired) electrons. The highest BCUT2D eigenvalue weighted by atomic mass is 16.5. The molecule has 0 aliphatic carbocycles. The molecule has 3 aromatic carbocycles. The van der Waals surface area contributed by atoms with Gasteiger partial charge in [0.25, 0.3) is 0 Å². The van der Waals surface area contributed by atoms with Crippen molar-refractivity contribution in [2.24, 2.45) is 9.98 Å². The number of phenols is 2. The van der Waals surface area contributed by atoms with Gasteiger partial charge in [-0.25, -0.2) is 0 Å². The number of hydrogen-bond acceptors (Lipinski definition) is 6. The SMILES string of the molecule is COc1ccc(C=Nc2ccccc2N=Cc2ccc(OC)cc2O)c(O)c1. The van der Waals surface area contributed by atoms with Gasteiger partial charge in [0.2, 0.25) is 0 Å². The molecule has 6 nitrogen and oxygen atoms in total. The topological polar surface area (TPSA) is 83.6 Å². The van der Waals surface area contributed by atoms with Crippen LogP contribution in [0.1, 0.15) is 11.1 Å². The number of aromatic hydroxyl groups is 2. The van der Waals surface area contributed by atoms with Gasteiger partial charge in [-0.15, -0.1) is 0 Å². The third-order valence-corrected chi connectivity index (χ3v) is 4.04. The molecule has 0 saturated carbocycles. The number of nitrogens with zero attached hydrogens (tertiary/aromatic N) is 2. The number of methoxy groups -OCH3 is 2. The van der Waals surface area contributed by atoms with E-state index in [1.54, 1.807) is 36.7 Å². The fourth-order valence-corrected chi connectivity index (χ4v) is 2.48. The highest BCUT2D eigenvalue weighted by Gasteiger charge is 2.04. The summed E-state index contributed by atoms with van der Waals surface area (Å²) in [6.07, 6.45) is 3.13. The van der Waals surface area contributed by atoms with Gasteiger partial charge in [-0.3, -0.25) is 9.98 Å². The Balaban J connectivity index is 1.85. The van der Waals surface area contributed by atoms with Gasteiger partial charge >= 0.3 is 0 Å². The summed E-state index contributed by atoms with van der Waals surface area (Å²) >= 11 is 0. The van der Waals surface area contributed by atoms with Gasteiger partial charge in [-0.05, 0) is 36.4 Å². The number of ether oxygens (including phenoxy) is 2. The monoisotopic (exact) mass is 376 g/mol. The maximum absolute atomic E-state index is 10.1. The Bertz CT molecular complexity index is 946. The maximum Gasteiger partial charge on any atom is 0.128 e. The van der Waals surface area contributed by atoms with Crippen molar-refractivity contribution in [3.05, 3.63) is 71.8 Å². The molecular formula is C22H20N2O4. The molecule has 28 heavy (non-hydrogen) atoms. The van der Waals surface area contributed by atoms with Crippen LogP contribution in [0.2, 0.25) is 0 Å². The zero-order valence-corrected chi connectivity index (χ0v) is 15.5. The van der Waals surface area contributed by atoms with Crippen LogP contribution in [0.4, 0.5) is 11.4 Å². The van der Waals surface area contributed by atoms with Crippen LogP contribution < -0.4 is 9.47 Å². The molecule has 0 bridgehead atoms. The molecule has 0 fully saturated rings. The molecule has 3 aromatic rings.